The Hall–Kier alpha value is -1.86. The fourth-order valence-corrected chi connectivity index (χ4v) is 3.84. The standard InChI is InChI=1S/C16H19N3O3S/c1-21-12-5-6-13(22-2)14-10(12)7-19(8-11(14)20)16-17-15(18-23-16)9-3-4-9/h5-6,9,11,20H,3-4,7-8H2,1-2H3. The van der Waals surface area contributed by atoms with Crippen LogP contribution in [-0.4, -0.2) is 35.2 Å². The number of anilines is 1. The Bertz CT molecular complexity index is 729. The molecule has 6 nitrogen and oxygen atoms in total. The van der Waals surface area contributed by atoms with Gasteiger partial charge in [-0.05, 0) is 25.0 Å². The molecule has 1 aromatic carbocycles. The third-order valence-corrected chi connectivity index (χ3v) is 5.22. The van der Waals surface area contributed by atoms with E-state index in [-0.39, 0.29) is 0 Å². The molecule has 1 unspecified atom stereocenters. The molecule has 0 radical (unpaired) electrons. The van der Waals surface area contributed by atoms with Crippen LogP contribution in [0, 0.1) is 0 Å². The van der Waals surface area contributed by atoms with Crippen molar-refractivity contribution in [3.8, 4) is 11.5 Å². The zero-order chi connectivity index (χ0) is 16.0. The van der Waals surface area contributed by atoms with Gasteiger partial charge in [0.15, 0.2) is 0 Å². The number of aliphatic hydroxyl groups is 1. The smallest absolute Gasteiger partial charge is 0.205 e. The van der Waals surface area contributed by atoms with Crippen LogP contribution in [-0.2, 0) is 6.54 Å². The topological polar surface area (TPSA) is 67.7 Å². The van der Waals surface area contributed by atoms with Gasteiger partial charge in [0.1, 0.15) is 23.4 Å². The van der Waals surface area contributed by atoms with E-state index in [2.05, 4.69) is 14.3 Å². The summed E-state index contributed by atoms with van der Waals surface area (Å²) in [4.78, 5) is 6.72. The van der Waals surface area contributed by atoms with Crippen LogP contribution >= 0.6 is 11.5 Å². The van der Waals surface area contributed by atoms with E-state index >= 15 is 0 Å². The van der Waals surface area contributed by atoms with Crippen molar-refractivity contribution in [1.82, 2.24) is 9.36 Å². The monoisotopic (exact) mass is 333 g/mol. The molecule has 2 heterocycles. The van der Waals surface area contributed by atoms with Gasteiger partial charge in [-0.1, -0.05) is 0 Å². The Morgan fingerprint density at radius 1 is 1.22 bits per heavy atom. The Balaban J connectivity index is 1.69. The summed E-state index contributed by atoms with van der Waals surface area (Å²) in [6.45, 7) is 1.11. The van der Waals surface area contributed by atoms with Gasteiger partial charge in [-0.2, -0.15) is 4.37 Å². The Labute approximate surface area is 138 Å². The zero-order valence-electron chi connectivity index (χ0n) is 13.2. The molecular weight excluding hydrogens is 314 g/mol. The van der Waals surface area contributed by atoms with Crippen LogP contribution in [0.15, 0.2) is 12.1 Å². The van der Waals surface area contributed by atoms with E-state index in [0.717, 1.165) is 27.8 Å². The first kappa shape index (κ1) is 14.7. The van der Waals surface area contributed by atoms with E-state index in [1.807, 2.05) is 12.1 Å². The molecule has 0 amide bonds. The number of β-amino-alcohol motifs (C(OH)–C–C–N with tert-alkyl or cyclic N) is 1. The number of benzene rings is 1. The summed E-state index contributed by atoms with van der Waals surface area (Å²) in [6.07, 6.45) is 1.73. The molecule has 0 spiro atoms. The van der Waals surface area contributed by atoms with Crippen molar-refractivity contribution >= 4 is 16.7 Å². The molecule has 1 aliphatic carbocycles. The first-order chi connectivity index (χ1) is 11.2. The second-order valence-electron chi connectivity index (χ2n) is 5.97. The third kappa shape index (κ3) is 2.53. The second kappa shape index (κ2) is 5.65. The van der Waals surface area contributed by atoms with Gasteiger partial charge in [-0.15, -0.1) is 0 Å². The number of hydrogen-bond donors (Lipinski definition) is 1. The summed E-state index contributed by atoms with van der Waals surface area (Å²) in [5.41, 5.74) is 1.77. The molecule has 4 rings (SSSR count). The van der Waals surface area contributed by atoms with Gasteiger partial charge in [0.2, 0.25) is 5.13 Å². The van der Waals surface area contributed by atoms with E-state index in [0.29, 0.717) is 24.8 Å². The highest BCUT2D eigenvalue weighted by atomic mass is 32.1. The maximum atomic E-state index is 10.6. The number of nitrogens with zero attached hydrogens (tertiary/aromatic N) is 3. The van der Waals surface area contributed by atoms with Gasteiger partial charge in [0.25, 0.3) is 0 Å². The highest BCUT2D eigenvalue weighted by Crippen LogP contribution is 2.43. The van der Waals surface area contributed by atoms with Gasteiger partial charge in [0.05, 0.1) is 20.8 Å². The molecular formula is C16H19N3O3S. The summed E-state index contributed by atoms with van der Waals surface area (Å²) in [5.74, 6) is 2.94. The first-order valence-corrected chi connectivity index (χ1v) is 8.49. The predicted molar refractivity (Wildman–Crippen MR) is 87.4 cm³/mol. The van der Waals surface area contributed by atoms with Crippen molar-refractivity contribution in [3.63, 3.8) is 0 Å². The number of ether oxygens (including phenoxy) is 2. The Morgan fingerprint density at radius 3 is 2.65 bits per heavy atom. The molecule has 1 saturated carbocycles. The Morgan fingerprint density at radius 2 is 1.96 bits per heavy atom. The van der Waals surface area contributed by atoms with E-state index in [1.54, 1.807) is 14.2 Å². The number of aromatic nitrogens is 2. The summed E-state index contributed by atoms with van der Waals surface area (Å²) < 4.78 is 15.3. The molecule has 1 N–H and O–H groups in total. The molecule has 1 fully saturated rings. The van der Waals surface area contributed by atoms with Crippen LogP contribution in [0.5, 0.6) is 11.5 Å². The van der Waals surface area contributed by atoms with E-state index in [4.69, 9.17) is 9.47 Å². The highest BCUT2D eigenvalue weighted by molar-refractivity contribution is 7.09. The van der Waals surface area contributed by atoms with Crippen molar-refractivity contribution in [1.29, 1.82) is 0 Å². The molecule has 122 valence electrons. The summed E-state index contributed by atoms with van der Waals surface area (Å²) in [6, 6.07) is 3.72. The minimum Gasteiger partial charge on any atom is -0.496 e. The van der Waals surface area contributed by atoms with Crippen molar-refractivity contribution in [3.05, 3.63) is 29.1 Å². The average Bonchev–Trinajstić information content (AvgIpc) is 3.30. The molecule has 23 heavy (non-hydrogen) atoms. The lowest BCUT2D eigenvalue weighted by Gasteiger charge is -2.33. The SMILES string of the molecule is COc1ccc(OC)c2c1CN(c1nc(C3CC3)ns1)CC2O. The molecule has 1 aliphatic heterocycles. The van der Waals surface area contributed by atoms with Crippen LogP contribution in [0.2, 0.25) is 0 Å². The average molecular weight is 333 g/mol. The van der Waals surface area contributed by atoms with Gasteiger partial charge >= 0.3 is 0 Å². The summed E-state index contributed by atoms with van der Waals surface area (Å²) in [7, 11) is 3.26. The molecule has 2 aromatic rings. The molecule has 2 aliphatic rings. The summed E-state index contributed by atoms with van der Waals surface area (Å²) in [5, 5.41) is 11.5. The lowest BCUT2D eigenvalue weighted by molar-refractivity contribution is 0.169. The van der Waals surface area contributed by atoms with Crippen molar-refractivity contribution in [2.24, 2.45) is 0 Å². The third-order valence-electron chi connectivity index (χ3n) is 4.43. The normalized spacial score (nSPS) is 20.3. The number of fused-ring (bicyclic) bond motifs is 1. The minimum atomic E-state index is -0.642. The quantitative estimate of drug-likeness (QED) is 0.927. The first-order valence-electron chi connectivity index (χ1n) is 7.71. The number of methoxy groups -OCH3 is 2. The van der Waals surface area contributed by atoms with Crippen LogP contribution in [0.4, 0.5) is 5.13 Å². The fraction of sp³-hybridized carbons (Fsp3) is 0.500. The number of hydrogen-bond acceptors (Lipinski definition) is 7. The number of aliphatic hydroxyl groups excluding tert-OH is 1. The van der Waals surface area contributed by atoms with Crippen LogP contribution in [0.1, 0.15) is 41.8 Å². The lowest BCUT2D eigenvalue weighted by Crippen LogP contribution is -2.34. The molecule has 1 aromatic heterocycles. The van der Waals surface area contributed by atoms with Gasteiger partial charge in [0, 0.05) is 35.1 Å². The van der Waals surface area contributed by atoms with Gasteiger partial charge < -0.3 is 19.5 Å². The largest absolute Gasteiger partial charge is 0.496 e. The minimum absolute atomic E-state index is 0.482. The van der Waals surface area contributed by atoms with E-state index in [1.165, 1.54) is 24.4 Å². The molecule has 1 atom stereocenters. The summed E-state index contributed by atoms with van der Waals surface area (Å²) >= 11 is 1.41. The highest BCUT2D eigenvalue weighted by Gasteiger charge is 2.33. The molecule has 0 saturated heterocycles. The lowest BCUT2D eigenvalue weighted by atomic mass is 9.95. The van der Waals surface area contributed by atoms with Crippen molar-refractivity contribution in [2.75, 3.05) is 25.7 Å². The maximum Gasteiger partial charge on any atom is 0.205 e. The maximum absolute atomic E-state index is 10.6. The second-order valence-corrected chi connectivity index (χ2v) is 6.70. The van der Waals surface area contributed by atoms with Crippen molar-refractivity contribution in [2.45, 2.75) is 31.4 Å². The number of rotatable bonds is 4. The predicted octanol–water partition coefficient (Wildman–Crippen LogP) is 2.49. The molecule has 0 bridgehead atoms. The zero-order valence-corrected chi connectivity index (χ0v) is 14.0. The fourth-order valence-electron chi connectivity index (χ4n) is 3.08. The van der Waals surface area contributed by atoms with Crippen LogP contribution in [0.25, 0.3) is 0 Å². The van der Waals surface area contributed by atoms with Crippen molar-refractivity contribution < 1.29 is 14.6 Å². The van der Waals surface area contributed by atoms with E-state index in [9.17, 15) is 5.11 Å². The van der Waals surface area contributed by atoms with Gasteiger partial charge in [-0.25, -0.2) is 4.98 Å². The van der Waals surface area contributed by atoms with Crippen LogP contribution in [0.3, 0.4) is 0 Å². The van der Waals surface area contributed by atoms with Gasteiger partial charge in [-0.3, -0.25) is 0 Å². The Kier molecular flexibility index (Phi) is 3.61. The van der Waals surface area contributed by atoms with Crippen LogP contribution < -0.4 is 14.4 Å². The van der Waals surface area contributed by atoms with E-state index < -0.39 is 6.10 Å². The molecule has 7 heteroatoms.